The fourth-order valence-corrected chi connectivity index (χ4v) is 2.13. The van der Waals surface area contributed by atoms with Crippen molar-refractivity contribution in [3.8, 4) is 0 Å². The van der Waals surface area contributed by atoms with E-state index in [-0.39, 0.29) is 11.7 Å². The lowest BCUT2D eigenvalue weighted by Crippen LogP contribution is -2.32. The molecule has 1 heterocycles. The molecule has 0 bridgehead atoms. The van der Waals surface area contributed by atoms with Crippen molar-refractivity contribution in [1.82, 2.24) is 14.8 Å². The number of hydrogen-bond donors (Lipinski definition) is 0. The van der Waals surface area contributed by atoms with Crippen molar-refractivity contribution in [2.24, 2.45) is 0 Å². The van der Waals surface area contributed by atoms with Crippen LogP contribution in [0.25, 0.3) is 0 Å². The Bertz CT molecular complexity index is 655. The van der Waals surface area contributed by atoms with Crippen LogP contribution in [-0.4, -0.2) is 21.0 Å². The summed E-state index contributed by atoms with van der Waals surface area (Å²) in [5.74, 6) is 0. The Hall–Kier alpha value is -1.83. The summed E-state index contributed by atoms with van der Waals surface area (Å²) in [5.41, 5.74) is -1.96. The normalized spacial score (nSPS) is 11.6. The molecule has 20 heavy (non-hydrogen) atoms. The molecule has 0 saturated heterocycles. The lowest BCUT2D eigenvalue weighted by atomic mass is 10.2. The first-order valence-corrected chi connectivity index (χ1v) is 6.78. The van der Waals surface area contributed by atoms with Gasteiger partial charge in [0.15, 0.2) is 5.16 Å². The zero-order valence-corrected chi connectivity index (χ0v) is 11.2. The van der Waals surface area contributed by atoms with E-state index in [9.17, 15) is 18.0 Å². The number of benzene rings is 1. The molecule has 0 aliphatic carbocycles. The van der Waals surface area contributed by atoms with Crippen molar-refractivity contribution in [3.63, 3.8) is 0 Å². The highest BCUT2D eigenvalue weighted by atomic mass is 32.2. The fourth-order valence-electron chi connectivity index (χ4n) is 1.64. The molecule has 1 aromatic heterocycles. The van der Waals surface area contributed by atoms with Crippen LogP contribution >= 0.6 is 11.8 Å². The summed E-state index contributed by atoms with van der Waals surface area (Å²) < 4.78 is 39.0. The van der Waals surface area contributed by atoms with E-state index in [2.05, 4.69) is 10.2 Å². The Labute approximate surface area is 116 Å². The summed E-state index contributed by atoms with van der Waals surface area (Å²) in [4.78, 5) is 11.9. The smallest absolute Gasteiger partial charge is 0.280 e. The molecule has 106 valence electrons. The standard InChI is InChI=1S/C12H10F3N3OS/c1-20-11-17-16-9(12(13,14)15)10(19)18(11)7-8-5-3-2-4-6-8/h2-6H,7H2,1H3. The largest absolute Gasteiger partial charge is 0.440 e. The molecule has 0 amide bonds. The Morgan fingerprint density at radius 1 is 1.20 bits per heavy atom. The van der Waals surface area contributed by atoms with Gasteiger partial charge in [0.1, 0.15) is 0 Å². The van der Waals surface area contributed by atoms with Crippen molar-refractivity contribution in [1.29, 1.82) is 0 Å². The van der Waals surface area contributed by atoms with E-state index in [0.717, 1.165) is 16.3 Å². The van der Waals surface area contributed by atoms with Crippen LogP contribution in [0.1, 0.15) is 11.3 Å². The lowest BCUT2D eigenvalue weighted by molar-refractivity contribution is -0.143. The van der Waals surface area contributed by atoms with E-state index in [1.807, 2.05) is 0 Å². The summed E-state index contributed by atoms with van der Waals surface area (Å²) in [5, 5.41) is 6.62. The monoisotopic (exact) mass is 301 g/mol. The van der Waals surface area contributed by atoms with Gasteiger partial charge in [-0.05, 0) is 11.8 Å². The fraction of sp³-hybridized carbons (Fsp3) is 0.250. The predicted octanol–water partition coefficient (Wildman–Crippen LogP) is 2.43. The number of halogens is 3. The average molecular weight is 301 g/mol. The maximum atomic E-state index is 12.7. The minimum absolute atomic E-state index is 0.0223. The van der Waals surface area contributed by atoms with Gasteiger partial charge in [0.25, 0.3) is 5.56 Å². The Morgan fingerprint density at radius 3 is 2.40 bits per heavy atom. The first-order valence-electron chi connectivity index (χ1n) is 5.56. The van der Waals surface area contributed by atoms with E-state index in [1.54, 1.807) is 36.6 Å². The minimum Gasteiger partial charge on any atom is -0.280 e. The molecule has 0 atom stereocenters. The van der Waals surface area contributed by atoms with Crippen molar-refractivity contribution >= 4 is 11.8 Å². The van der Waals surface area contributed by atoms with Crippen LogP contribution < -0.4 is 5.56 Å². The lowest BCUT2D eigenvalue weighted by Gasteiger charge is -2.12. The van der Waals surface area contributed by atoms with Crippen LogP contribution in [0.3, 0.4) is 0 Å². The zero-order chi connectivity index (χ0) is 14.8. The maximum absolute atomic E-state index is 12.7. The zero-order valence-electron chi connectivity index (χ0n) is 10.4. The average Bonchev–Trinajstić information content (AvgIpc) is 2.40. The SMILES string of the molecule is CSc1nnc(C(F)(F)F)c(=O)n1Cc1ccccc1. The van der Waals surface area contributed by atoms with Gasteiger partial charge in [0.05, 0.1) is 6.54 Å². The van der Waals surface area contributed by atoms with Crippen molar-refractivity contribution in [2.75, 3.05) is 6.26 Å². The van der Waals surface area contributed by atoms with E-state index in [0.29, 0.717) is 5.56 Å². The molecule has 2 aromatic rings. The molecular weight excluding hydrogens is 291 g/mol. The second-order valence-electron chi connectivity index (χ2n) is 3.91. The second kappa shape index (κ2) is 5.66. The van der Waals surface area contributed by atoms with Crippen LogP contribution in [0.15, 0.2) is 40.3 Å². The number of hydrogen-bond acceptors (Lipinski definition) is 4. The summed E-state index contributed by atoms with van der Waals surface area (Å²) in [6.45, 7) is 0.0223. The molecule has 2 rings (SSSR count). The molecule has 8 heteroatoms. The molecule has 0 radical (unpaired) electrons. The number of thioether (sulfide) groups is 1. The molecule has 0 saturated carbocycles. The van der Waals surface area contributed by atoms with Gasteiger partial charge in [-0.2, -0.15) is 13.2 Å². The molecular formula is C12H10F3N3OS. The minimum atomic E-state index is -4.81. The first kappa shape index (κ1) is 14.6. The van der Waals surface area contributed by atoms with E-state index < -0.39 is 17.4 Å². The van der Waals surface area contributed by atoms with Gasteiger partial charge in [0, 0.05) is 0 Å². The van der Waals surface area contributed by atoms with E-state index in [4.69, 9.17) is 0 Å². The van der Waals surface area contributed by atoms with Crippen molar-refractivity contribution in [3.05, 3.63) is 51.9 Å². The Balaban J connectivity index is 2.53. The summed E-state index contributed by atoms with van der Waals surface area (Å²) >= 11 is 1.07. The van der Waals surface area contributed by atoms with Gasteiger partial charge < -0.3 is 0 Å². The predicted molar refractivity (Wildman–Crippen MR) is 68.6 cm³/mol. The molecule has 0 spiro atoms. The van der Waals surface area contributed by atoms with Gasteiger partial charge >= 0.3 is 6.18 Å². The van der Waals surface area contributed by atoms with Crippen molar-refractivity contribution in [2.45, 2.75) is 17.9 Å². The van der Waals surface area contributed by atoms with Crippen LogP contribution in [0.5, 0.6) is 0 Å². The second-order valence-corrected chi connectivity index (χ2v) is 4.68. The highest BCUT2D eigenvalue weighted by Gasteiger charge is 2.37. The molecule has 0 fully saturated rings. The first-order chi connectivity index (χ1) is 9.43. The van der Waals surface area contributed by atoms with E-state index >= 15 is 0 Å². The Kier molecular flexibility index (Phi) is 4.12. The van der Waals surface area contributed by atoms with Crippen molar-refractivity contribution < 1.29 is 13.2 Å². The van der Waals surface area contributed by atoms with E-state index in [1.165, 1.54) is 0 Å². The van der Waals surface area contributed by atoms with Gasteiger partial charge in [-0.15, -0.1) is 10.2 Å². The number of aromatic nitrogens is 3. The van der Waals surface area contributed by atoms with Crippen LogP contribution in [-0.2, 0) is 12.7 Å². The molecule has 0 N–H and O–H groups in total. The maximum Gasteiger partial charge on any atom is 0.440 e. The van der Waals surface area contributed by atoms with Gasteiger partial charge in [-0.3, -0.25) is 9.36 Å². The van der Waals surface area contributed by atoms with Gasteiger partial charge in [-0.1, -0.05) is 42.1 Å². The highest BCUT2D eigenvalue weighted by Crippen LogP contribution is 2.25. The highest BCUT2D eigenvalue weighted by molar-refractivity contribution is 7.98. The summed E-state index contributed by atoms with van der Waals surface area (Å²) in [6, 6.07) is 8.74. The van der Waals surface area contributed by atoms with Crippen LogP contribution in [0.2, 0.25) is 0 Å². The number of rotatable bonds is 3. The summed E-state index contributed by atoms with van der Waals surface area (Å²) in [6.07, 6.45) is -3.18. The number of nitrogens with zero attached hydrogens (tertiary/aromatic N) is 3. The molecule has 0 unspecified atom stereocenters. The third-order valence-electron chi connectivity index (χ3n) is 2.55. The molecule has 0 aliphatic rings. The van der Waals surface area contributed by atoms with Crippen LogP contribution in [0.4, 0.5) is 13.2 Å². The van der Waals surface area contributed by atoms with Gasteiger partial charge in [0.2, 0.25) is 5.69 Å². The number of alkyl halides is 3. The topological polar surface area (TPSA) is 47.8 Å². The third-order valence-corrected chi connectivity index (χ3v) is 3.22. The third kappa shape index (κ3) is 3.01. The summed E-state index contributed by atoms with van der Waals surface area (Å²) in [7, 11) is 0. The Morgan fingerprint density at radius 2 is 1.85 bits per heavy atom. The quantitative estimate of drug-likeness (QED) is 0.817. The molecule has 0 aliphatic heterocycles. The molecule has 1 aromatic carbocycles. The van der Waals surface area contributed by atoms with Gasteiger partial charge in [-0.25, -0.2) is 0 Å². The van der Waals surface area contributed by atoms with Crippen LogP contribution in [0, 0.1) is 0 Å². The molecule has 4 nitrogen and oxygen atoms in total.